The molecule has 1 saturated heterocycles. The molecule has 0 saturated carbocycles. The SMILES string of the molecule is CCCCOCCCN=C(NCC)NCCC1CCN(CC(F)(F)F)CC1.I. The van der Waals surface area contributed by atoms with Crippen LogP contribution in [0.5, 0.6) is 0 Å². The smallest absolute Gasteiger partial charge is 0.381 e. The van der Waals surface area contributed by atoms with Gasteiger partial charge in [-0.25, -0.2) is 0 Å². The Morgan fingerprint density at radius 3 is 2.39 bits per heavy atom. The summed E-state index contributed by atoms with van der Waals surface area (Å²) in [6.45, 7) is 8.34. The topological polar surface area (TPSA) is 48.9 Å². The van der Waals surface area contributed by atoms with Gasteiger partial charge < -0.3 is 15.4 Å². The van der Waals surface area contributed by atoms with Gasteiger partial charge in [-0.2, -0.15) is 13.2 Å². The van der Waals surface area contributed by atoms with E-state index in [0.29, 0.717) is 19.0 Å². The van der Waals surface area contributed by atoms with Crippen LogP contribution < -0.4 is 10.6 Å². The Kier molecular flexibility index (Phi) is 16.3. The first-order chi connectivity index (χ1) is 12.9. The molecule has 1 aliphatic heterocycles. The molecule has 28 heavy (non-hydrogen) atoms. The molecule has 2 N–H and O–H groups in total. The summed E-state index contributed by atoms with van der Waals surface area (Å²) in [5.41, 5.74) is 0. The van der Waals surface area contributed by atoms with Crippen molar-refractivity contribution in [2.75, 3.05) is 52.5 Å². The van der Waals surface area contributed by atoms with Gasteiger partial charge in [-0.3, -0.25) is 9.89 Å². The molecule has 0 aromatic rings. The van der Waals surface area contributed by atoms with E-state index < -0.39 is 12.7 Å². The van der Waals surface area contributed by atoms with E-state index in [1.54, 1.807) is 0 Å². The third kappa shape index (κ3) is 14.7. The van der Waals surface area contributed by atoms with Gasteiger partial charge in [-0.15, -0.1) is 24.0 Å². The lowest BCUT2D eigenvalue weighted by Crippen LogP contribution is -2.41. The first-order valence-electron chi connectivity index (χ1n) is 10.3. The number of likely N-dealkylation sites (tertiary alicyclic amines) is 1. The molecule has 9 heteroatoms. The highest BCUT2D eigenvalue weighted by atomic mass is 127. The summed E-state index contributed by atoms with van der Waals surface area (Å²) < 4.78 is 42.8. The van der Waals surface area contributed by atoms with Gasteiger partial charge >= 0.3 is 6.18 Å². The van der Waals surface area contributed by atoms with Gasteiger partial charge in [0.1, 0.15) is 0 Å². The number of rotatable bonds is 12. The van der Waals surface area contributed by atoms with Crippen molar-refractivity contribution in [3.8, 4) is 0 Å². The van der Waals surface area contributed by atoms with Crippen LogP contribution in [0.25, 0.3) is 0 Å². The van der Waals surface area contributed by atoms with Crippen LogP contribution in [0.2, 0.25) is 0 Å². The fraction of sp³-hybridized carbons (Fsp3) is 0.947. The van der Waals surface area contributed by atoms with Crippen LogP contribution in [0.15, 0.2) is 4.99 Å². The maximum atomic E-state index is 12.4. The maximum absolute atomic E-state index is 12.4. The number of halogens is 4. The molecular weight excluding hydrogens is 484 g/mol. The lowest BCUT2D eigenvalue weighted by molar-refractivity contribution is -0.148. The number of guanidine groups is 1. The third-order valence-corrected chi connectivity index (χ3v) is 4.66. The monoisotopic (exact) mass is 522 g/mol. The molecule has 1 aliphatic rings. The second-order valence-corrected chi connectivity index (χ2v) is 7.13. The van der Waals surface area contributed by atoms with Crippen LogP contribution >= 0.6 is 24.0 Å². The van der Waals surface area contributed by atoms with Crippen molar-refractivity contribution in [1.82, 2.24) is 15.5 Å². The van der Waals surface area contributed by atoms with Crippen LogP contribution in [0, 0.1) is 5.92 Å². The number of alkyl halides is 3. The van der Waals surface area contributed by atoms with Crippen molar-refractivity contribution < 1.29 is 17.9 Å². The third-order valence-electron chi connectivity index (χ3n) is 4.66. The molecule has 1 heterocycles. The van der Waals surface area contributed by atoms with E-state index in [2.05, 4.69) is 22.5 Å². The highest BCUT2D eigenvalue weighted by molar-refractivity contribution is 14.0. The molecular formula is C19H38F3IN4O. The van der Waals surface area contributed by atoms with Gasteiger partial charge in [0.05, 0.1) is 6.54 Å². The Labute approximate surface area is 185 Å². The van der Waals surface area contributed by atoms with E-state index in [-0.39, 0.29) is 24.0 Å². The lowest BCUT2D eigenvalue weighted by Gasteiger charge is -2.32. The standard InChI is InChI=1S/C19H37F3N4O.HI/c1-3-5-14-27-15-6-10-24-18(23-4-2)25-11-7-17-8-12-26(13-9-17)16-19(20,21)22;/h17H,3-16H2,1-2H3,(H2,23,24,25);1H. The summed E-state index contributed by atoms with van der Waals surface area (Å²) in [6.07, 6.45) is 1.69. The van der Waals surface area contributed by atoms with Gasteiger partial charge in [0.25, 0.3) is 0 Å². The Bertz CT molecular complexity index is 403. The molecule has 0 amide bonds. The number of ether oxygens (including phenoxy) is 1. The molecule has 0 atom stereocenters. The molecule has 0 unspecified atom stereocenters. The van der Waals surface area contributed by atoms with Crippen molar-refractivity contribution >= 4 is 29.9 Å². The van der Waals surface area contributed by atoms with E-state index in [1.165, 1.54) is 4.90 Å². The predicted molar refractivity (Wildman–Crippen MR) is 120 cm³/mol. The van der Waals surface area contributed by atoms with Crippen molar-refractivity contribution in [1.29, 1.82) is 0 Å². The van der Waals surface area contributed by atoms with Crippen molar-refractivity contribution in [3.05, 3.63) is 0 Å². The van der Waals surface area contributed by atoms with Gasteiger partial charge in [0.2, 0.25) is 0 Å². The zero-order valence-corrected chi connectivity index (χ0v) is 19.7. The number of hydrogen-bond donors (Lipinski definition) is 2. The molecule has 168 valence electrons. The van der Waals surface area contributed by atoms with Gasteiger partial charge in [-0.1, -0.05) is 13.3 Å². The molecule has 0 aromatic heterocycles. The molecule has 1 rings (SSSR count). The minimum absolute atomic E-state index is 0. The zero-order chi connectivity index (χ0) is 20.0. The summed E-state index contributed by atoms with van der Waals surface area (Å²) in [5, 5.41) is 6.56. The van der Waals surface area contributed by atoms with Crippen LogP contribution in [0.3, 0.4) is 0 Å². The Balaban J connectivity index is 0.00000729. The average molecular weight is 522 g/mol. The molecule has 1 fully saturated rings. The zero-order valence-electron chi connectivity index (χ0n) is 17.3. The minimum atomic E-state index is -4.09. The van der Waals surface area contributed by atoms with E-state index >= 15 is 0 Å². The normalized spacial score (nSPS) is 16.7. The molecule has 0 aliphatic carbocycles. The predicted octanol–water partition coefficient (Wildman–Crippen LogP) is 4.03. The number of nitrogens with one attached hydrogen (secondary N) is 2. The van der Waals surface area contributed by atoms with E-state index in [0.717, 1.165) is 77.3 Å². The Morgan fingerprint density at radius 2 is 1.79 bits per heavy atom. The second-order valence-electron chi connectivity index (χ2n) is 7.13. The van der Waals surface area contributed by atoms with Crippen LogP contribution in [0.4, 0.5) is 13.2 Å². The van der Waals surface area contributed by atoms with Crippen LogP contribution in [-0.2, 0) is 4.74 Å². The number of aliphatic imine (C=N–C) groups is 1. The summed E-state index contributed by atoms with van der Waals surface area (Å²) in [7, 11) is 0. The number of hydrogen-bond acceptors (Lipinski definition) is 3. The highest BCUT2D eigenvalue weighted by Gasteiger charge is 2.32. The quantitative estimate of drug-likeness (QED) is 0.176. The van der Waals surface area contributed by atoms with Crippen molar-refractivity contribution in [2.45, 2.75) is 58.5 Å². The van der Waals surface area contributed by atoms with E-state index in [1.807, 2.05) is 6.92 Å². The van der Waals surface area contributed by atoms with Crippen molar-refractivity contribution in [3.63, 3.8) is 0 Å². The summed E-state index contributed by atoms with van der Waals surface area (Å²) in [5.74, 6) is 1.29. The summed E-state index contributed by atoms with van der Waals surface area (Å²) in [6, 6.07) is 0. The molecule has 0 spiro atoms. The molecule has 0 bridgehead atoms. The fourth-order valence-corrected chi connectivity index (χ4v) is 3.13. The van der Waals surface area contributed by atoms with E-state index in [9.17, 15) is 13.2 Å². The summed E-state index contributed by atoms with van der Waals surface area (Å²) in [4.78, 5) is 6.06. The van der Waals surface area contributed by atoms with Crippen LogP contribution in [-0.4, -0.2) is 69.5 Å². The average Bonchev–Trinajstić information content (AvgIpc) is 2.61. The molecule has 0 radical (unpaired) electrons. The number of nitrogens with zero attached hydrogens (tertiary/aromatic N) is 2. The maximum Gasteiger partial charge on any atom is 0.401 e. The Morgan fingerprint density at radius 1 is 1.11 bits per heavy atom. The fourth-order valence-electron chi connectivity index (χ4n) is 3.13. The first kappa shape index (κ1) is 27.7. The minimum Gasteiger partial charge on any atom is -0.381 e. The van der Waals surface area contributed by atoms with Gasteiger partial charge in [0.15, 0.2) is 5.96 Å². The number of unbranched alkanes of at least 4 members (excludes halogenated alkanes) is 1. The van der Waals surface area contributed by atoms with E-state index in [4.69, 9.17) is 4.74 Å². The second kappa shape index (κ2) is 16.5. The highest BCUT2D eigenvalue weighted by Crippen LogP contribution is 2.23. The lowest BCUT2D eigenvalue weighted by atomic mass is 9.93. The van der Waals surface area contributed by atoms with Crippen molar-refractivity contribution in [2.24, 2.45) is 10.9 Å². The molecule has 5 nitrogen and oxygen atoms in total. The van der Waals surface area contributed by atoms with Gasteiger partial charge in [0, 0.05) is 32.8 Å². The largest absolute Gasteiger partial charge is 0.401 e. The summed E-state index contributed by atoms with van der Waals surface area (Å²) >= 11 is 0. The first-order valence-corrected chi connectivity index (χ1v) is 10.3. The Hall–Kier alpha value is -0.290. The molecule has 0 aromatic carbocycles. The number of piperidine rings is 1. The van der Waals surface area contributed by atoms with Gasteiger partial charge in [-0.05, 0) is 58.0 Å². The van der Waals surface area contributed by atoms with Crippen LogP contribution in [0.1, 0.15) is 52.4 Å².